The van der Waals surface area contributed by atoms with Crippen LogP contribution in [0.1, 0.15) is 86.0 Å². The normalized spacial score (nSPS) is 15.4. The molecule has 0 aliphatic carbocycles. The molecule has 108 valence electrons. The van der Waals surface area contributed by atoms with Crippen molar-refractivity contribution in [3.05, 3.63) is 12.2 Å². The van der Waals surface area contributed by atoms with Gasteiger partial charge in [0.2, 0.25) is 0 Å². The van der Waals surface area contributed by atoms with Crippen molar-refractivity contribution < 1.29 is 0 Å². The first-order valence-corrected chi connectivity index (χ1v) is 8.26. The van der Waals surface area contributed by atoms with E-state index in [4.69, 9.17) is 0 Å². The molecular weight excluding hydrogens is 216 g/mol. The fraction of sp³-hybridized carbons (Fsp3) is 0.889. The monoisotopic (exact) mass is 252 g/mol. The fourth-order valence-corrected chi connectivity index (χ4v) is 2.44. The van der Waals surface area contributed by atoms with E-state index in [2.05, 4.69) is 46.8 Å². The standard InChI is InChI=1S/C18H36/c1-6-8-9-10-11-12-13-14-18(7-2)15-17(5)16(3)4/h8-9,16-18H,6-7,10-15H2,1-5H3. The Morgan fingerprint density at radius 1 is 0.889 bits per heavy atom. The average Bonchev–Trinajstić information content (AvgIpc) is 2.35. The van der Waals surface area contributed by atoms with Gasteiger partial charge in [0.25, 0.3) is 0 Å². The van der Waals surface area contributed by atoms with Gasteiger partial charge in [0.15, 0.2) is 0 Å². The molecule has 2 atom stereocenters. The highest BCUT2D eigenvalue weighted by atomic mass is 14.2. The molecule has 0 heteroatoms. The van der Waals surface area contributed by atoms with Gasteiger partial charge in [0, 0.05) is 0 Å². The lowest BCUT2D eigenvalue weighted by Crippen LogP contribution is -2.10. The molecule has 0 aliphatic heterocycles. The summed E-state index contributed by atoms with van der Waals surface area (Å²) < 4.78 is 0. The summed E-state index contributed by atoms with van der Waals surface area (Å²) in [6.07, 6.45) is 15.6. The number of hydrogen-bond acceptors (Lipinski definition) is 0. The summed E-state index contributed by atoms with van der Waals surface area (Å²) >= 11 is 0. The van der Waals surface area contributed by atoms with Gasteiger partial charge in [-0.2, -0.15) is 0 Å². The zero-order valence-electron chi connectivity index (χ0n) is 13.5. The molecule has 0 amide bonds. The van der Waals surface area contributed by atoms with Gasteiger partial charge in [-0.1, -0.05) is 72.5 Å². The van der Waals surface area contributed by atoms with Crippen LogP contribution in [0.3, 0.4) is 0 Å². The number of unbranched alkanes of at least 4 members (excludes halogenated alkanes) is 3. The highest BCUT2D eigenvalue weighted by Gasteiger charge is 2.13. The van der Waals surface area contributed by atoms with Crippen LogP contribution < -0.4 is 0 Å². The Morgan fingerprint density at radius 3 is 2.17 bits per heavy atom. The Balaban J connectivity index is 3.58. The summed E-state index contributed by atoms with van der Waals surface area (Å²) in [6, 6.07) is 0. The van der Waals surface area contributed by atoms with Crippen molar-refractivity contribution in [2.75, 3.05) is 0 Å². The summed E-state index contributed by atoms with van der Waals surface area (Å²) in [5, 5.41) is 0. The summed E-state index contributed by atoms with van der Waals surface area (Å²) in [7, 11) is 0. The maximum Gasteiger partial charge on any atom is -0.0351 e. The molecule has 0 aromatic rings. The average molecular weight is 252 g/mol. The van der Waals surface area contributed by atoms with Gasteiger partial charge in [-0.15, -0.1) is 0 Å². The van der Waals surface area contributed by atoms with Gasteiger partial charge < -0.3 is 0 Å². The van der Waals surface area contributed by atoms with Crippen molar-refractivity contribution in [3.63, 3.8) is 0 Å². The van der Waals surface area contributed by atoms with Crippen molar-refractivity contribution in [1.82, 2.24) is 0 Å². The summed E-state index contributed by atoms with van der Waals surface area (Å²) in [6.45, 7) is 11.7. The van der Waals surface area contributed by atoms with Crippen molar-refractivity contribution >= 4 is 0 Å². The molecule has 0 bridgehead atoms. The number of allylic oxidation sites excluding steroid dienone is 2. The van der Waals surface area contributed by atoms with E-state index in [0.717, 1.165) is 17.8 Å². The second-order valence-electron chi connectivity index (χ2n) is 6.25. The van der Waals surface area contributed by atoms with E-state index in [0.29, 0.717) is 0 Å². The molecule has 0 N–H and O–H groups in total. The minimum Gasteiger partial charge on any atom is -0.0888 e. The van der Waals surface area contributed by atoms with Gasteiger partial charge in [0.1, 0.15) is 0 Å². The summed E-state index contributed by atoms with van der Waals surface area (Å²) in [4.78, 5) is 0. The SMILES string of the molecule is CCC=CCCCCCC(CC)CC(C)C(C)C. The lowest BCUT2D eigenvalue weighted by Gasteiger charge is -2.22. The molecule has 0 rings (SSSR count). The van der Waals surface area contributed by atoms with Crippen molar-refractivity contribution in [3.8, 4) is 0 Å². The maximum atomic E-state index is 2.42. The van der Waals surface area contributed by atoms with Crippen LogP contribution >= 0.6 is 0 Å². The van der Waals surface area contributed by atoms with Crippen LogP contribution in [0, 0.1) is 17.8 Å². The Morgan fingerprint density at radius 2 is 1.61 bits per heavy atom. The van der Waals surface area contributed by atoms with Crippen LogP contribution in [0.15, 0.2) is 12.2 Å². The van der Waals surface area contributed by atoms with Crippen molar-refractivity contribution in [2.24, 2.45) is 17.8 Å². The first-order chi connectivity index (χ1) is 8.61. The van der Waals surface area contributed by atoms with Crippen LogP contribution in [0.4, 0.5) is 0 Å². The fourth-order valence-electron chi connectivity index (χ4n) is 2.44. The molecular formula is C18H36. The second-order valence-corrected chi connectivity index (χ2v) is 6.25. The van der Waals surface area contributed by atoms with Crippen LogP contribution in [-0.4, -0.2) is 0 Å². The van der Waals surface area contributed by atoms with Crippen LogP contribution in [0.2, 0.25) is 0 Å². The van der Waals surface area contributed by atoms with E-state index >= 15 is 0 Å². The Kier molecular flexibility index (Phi) is 11.6. The zero-order valence-corrected chi connectivity index (χ0v) is 13.5. The van der Waals surface area contributed by atoms with E-state index in [1.54, 1.807) is 0 Å². The van der Waals surface area contributed by atoms with E-state index in [-0.39, 0.29) is 0 Å². The smallest absolute Gasteiger partial charge is 0.0351 e. The number of hydrogen-bond donors (Lipinski definition) is 0. The predicted octanol–water partition coefficient (Wildman–Crippen LogP) is 6.61. The lowest BCUT2D eigenvalue weighted by atomic mass is 9.84. The van der Waals surface area contributed by atoms with E-state index in [1.165, 1.54) is 51.4 Å². The lowest BCUT2D eigenvalue weighted by molar-refractivity contribution is 0.295. The maximum absolute atomic E-state index is 2.42. The van der Waals surface area contributed by atoms with Crippen molar-refractivity contribution in [1.29, 1.82) is 0 Å². The third-order valence-corrected chi connectivity index (χ3v) is 4.31. The Labute approximate surface area is 116 Å². The molecule has 0 aromatic carbocycles. The van der Waals surface area contributed by atoms with Gasteiger partial charge in [0.05, 0.1) is 0 Å². The summed E-state index contributed by atoms with van der Waals surface area (Å²) in [5.74, 6) is 2.70. The quantitative estimate of drug-likeness (QED) is 0.286. The van der Waals surface area contributed by atoms with Crippen LogP contribution in [0.25, 0.3) is 0 Å². The molecule has 0 radical (unpaired) electrons. The molecule has 0 nitrogen and oxygen atoms in total. The van der Waals surface area contributed by atoms with E-state index in [9.17, 15) is 0 Å². The molecule has 0 saturated heterocycles. The third-order valence-electron chi connectivity index (χ3n) is 4.31. The topological polar surface area (TPSA) is 0 Å². The Hall–Kier alpha value is -0.260. The molecule has 0 heterocycles. The second kappa shape index (κ2) is 11.8. The minimum absolute atomic E-state index is 0.846. The van der Waals surface area contributed by atoms with E-state index < -0.39 is 0 Å². The predicted molar refractivity (Wildman–Crippen MR) is 84.9 cm³/mol. The van der Waals surface area contributed by atoms with Crippen molar-refractivity contribution in [2.45, 2.75) is 86.0 Å². The van der Waals surface area contributed by atoms with Crippen LogP contribution in [-0.2, 0) is 0 Å². The molecule has 0 fully saturated rings. The molecule has 0 aromatic heterocycles. The third kappa shape index (κ3) is 9.74. The van der Waals surface area contributed by atoms with Gasteiger partial charge in [-0.25, -0.2) is 0 Å². The molecule has 0 spiro atoms. The highest BCUT2D eigenvalue weighted by Crippen LogP contribution is 2.25. The first kappa shape index (κ1) is 17.7. The number of rotatable bonds is 11. The minimum atomic E-state index is 0.846. The van der Waals surface area contributed by atoms with Gasteiger partial charge in [-0.3, -0.25) is 0 Å². The largest absolute Gasteiger partial charge is 0.0888 e. The highest BCUT2D eigenvalue weighted by molar-refractivity contribution is 4.79. The molecule has 0 saturated carbocycles. The molecule has 18 heavy (non-hydrogen) atoms. The zero-order chi connectivity index (χ0) is 13.8. The van der Waals surface area contributed by atoms with Gasteiger partial charge >= 0.3 is 0 Å². The Bertz CT molecular complexity index is 190. The van der Waals surface area contributed by atoms with Crippen LogP contribution in [0.5, 0.6) is 0 Å². The van der Waals surface area contributed by atoms with E-state index in [1.807, 2.05) is 0 Å². The molecule has 2 unspecified atom stereocenters. The summed E-state index contributed by atoms with van der Waals surface area (Å²) in [5.41, 5.74) is 0. The molecule has 0 aliphatic rings. The first-order valence-electron chi connectivity index (χ1n) is 8.26. The van der Waals surface area contributed by atoms with Gasteiger partial charge in [-0.05, 0) is 43.4 Å².